The van der Waals surface area contributed by atoms with Crippen LogP contribution in [0.3, 0.4) is 0 Å². The molecule has 0 bridgehead atoms. The van der Waals surface area contributed by atoms with Crippen molar-refractivity contribution >= 4 is 6.03 Å². The summed E-state index contributed by atoms with van der Waals surface area (Å²) in [5.74, 6) is 0. The molecule has 1 atom stereocenters. The lowest BCUT2D eigenvalue weighted by molar-refractivity contribution is -0.0391. The predicted octanol–water partition coefficient (Wildman–Crippen LogP) is 0.938. The minimum absolute atomic E-state index is 0.0379. The van der Waals surface area contributed by atoms with Gasteiger partial charge in [-0.1, -0.05) is 0 Å². The molecule has 0 aromatic heterocycles. The fourth-order valence-corrected chi connectivity index (χ4v) is 2.69. The van der Waals surface area contributed by atoms with Crippen molar-refractivity contribution in [2.45, 2.75) is 31.0 Å². The van der Waals surface area contributed by atoms with Crippen molar-refractivity contribution in [2.24, 2.45) is 0 Å². The molecule has 0 N–H and O–H groups in total. The molecule has 0 aliphatic carbocycles. The highest BCUT2D eigenvalue weighted by Crippen LogP contribution is 2.36. The van der Waals surface area contributed by atoms with Crippen molar-refractivity contribution in [3.05, 3.63) is 0 Å². The Morgan fingerprint density at radius 2 is 2.06 bits per heavy atom. The van der Waals surface area contributed by atoms with Gasteiger partial charge in [-0.05, 0) is 12.8 Å². The number of nitrogens with zero attached hydrogens (tertiary/aromatic N) is 2. The maximum Gasteiger partial charge on any atom is 0.319 e. The van der Waals surface area contributed by atoms with Gasteiger partial charge in [0, 0.05) is 40.7 Å². The average Bonchev–Trinajstić information content (AvgIpc) is 2.73. The van der Waals surface area contributed by atoms with Crippen LogP contribution in [0.25, 0.3) is 0 Å². The lowest BCUT2D eigenvalue weighted by Gasteiger charge is -2.39. The van der Waals surface area contributed by atoms with Crippen LogP contribution in [0.2, 0.25) is 0 Å². The number of rotatable bonds is 1. The monoisotopic (exact) mass is 242 g/mol. The molecule has 5 heteroatoms. The quantitative estimate of drug-likeness (QED) is 0.687. The van der Waals surface area contributed by atoms with Crippen LogP contribution in [0.1, 0.15) is 19.3 Å². The molecule has 0 aromatic carbocycles. The van der Waals surface area contributed by atoms with Gasteiger partial charge in [-0.3, -0.25) is 0 Å². The van der Waals surface area contributed by atoms with Crippen LogP contribution in [0.5, 0.6) is 0 Å². The van der Waals surface area contributed by atoms with Crippen LogP contribution in [0, 0.1) is 0 Å². The number of carbonyl (C=O) groups excluding carboxylic acids is 1. The number of urea groups is 1. The van der Waals surface area contributed by atoms with Gasteiger partial charge in [0.15, 0.2) is 0 Å². The van der Waals surface area contributed by atoms with Crippen LogP contribution < -0.4 is 0 Å². The standard InChI is InChI=1S/C12H22N2O3/c1-13(2)11(15)14-6-4-12(5-7-14)8-10(16-3)9-17-12/h10H,4-9H2,1-3H3/t10-/m0/s1. The first kappa shape index (κ1) is 12.6. The molecule has 1 spiro atoms. The second kappa shape index (κ2) is 4.82. The number of amides is 2. The maximum absolute atomic E-state index is 11.8. The molecule has 0 unspecified atom stereocenters. The van der Waals surface area contributed by atoms with Crippen LogP contribution in [-0.4, -0.2) is 68.4 Å². The first-order chi connectivity index (χ1) is 8.06. The molecule has 2 amide bonds. The smallest absolute Gasteiger partial charge is 0.319 e. The highest BCUT2D eigenvalue weighted by Gasteiger charge is 2.43. The normalized spacial score (nSPS) is 27.5. The topological polar surface area (TPSA) is 42.0 Å². The highest BCUT2D eigenvalue weighted by atomic mass is 16.6. The van der Waals surface area contributed by atoms with E-state index in [0.29, 0.717) is 6.61 Å². The van der Waals surface area contributed by atoms with Gasteiger partial charge in [0.1, 0.15) is 0 Å². The van der Waals surface area contributed by atoms with E-state index >= 15 is 0 Å². The largest absolute Gasteiger partial charge is 0.379 e. The first-order valence-corrected chi connectivity index (χ1v) is 6.19. The molecule has 2 aliphatic rings. The van der Waals surface area contributed by atoms with Crippen LogP contribution >= 0.6 is 0 Å². The summed E-state index contributed by atoms with van der Waals surface area (Å²) in [4.78, 5) is 15.3. The summed E-state index contributed by atoms with van der Waals surface area (Å²) in [6.07, 6.45) is 3.04. The molecule has 2 saturated heterocycles. The van der Waals surface area contributed by atoms with E-state index in [1.807, 2.05) is 4.90 Å². The van der Waals surface area contributed by atoms with E-state index in [1.165, 1.54) is 0 Å². The van der Waals surface area contributed by atoms with E-state index in [2.05, 4.69) is 0 Å². The number of ether oxygens (including phenoxy) is 2. The van der Waals surface area contributed by atoms with Crippen molar-refractivity contribution in [2.75, 3.05) is 40.9 Å². The SMILES string of the molecule is CO[C@@H]1COC2(CCN(C(=O)N(C)C)CC2)C1. The lowest BCUT2D eigenvalue weighted by Crippen LogP contribution is -2.49. The van der Waals surface area contributed by atoms with Gasteiger partial charge in [-0.15, -0.1) is 0 Å². The molecule has 17 heavy (non-hydrogen) atoms. The van der Waals surface area contributed by atoms with Gasteiger partial charge >= 0.3 is 6.03 Å². The Morgan fingerprint density at radius 3 is 2.53 bits per heavy atom. The molecule has 2 aliphatic heterocycles. The van der Waals surface area contributed by atoms with Gasteiger partial charge in [0.2, 0.25) is 0 Å². The van der Waals surface area contributed by atoms with E-state index in [1.54, 1.807) is 26.1 Å². The second-order valence-electron chi connectivity index (χ2n) is 5.22. The summed E-state index contributed by atoms with van der Waals surface area (Å²) >= 11 is 0. The lowest BCUT2D eigenvalue weighted by atomic mass is 9.88. The van der Waals surface area contributed by atoms with Crippen LogP contribution in [0.15, 0.2) is 0 Å². The Kier molecular flexibility index (Phi) is 3.58. The van der Waals surface area contributed by atoms with Crippen molar-refractivity contribution in [3.8, 4) is 0 Å². The molecule has 5 nitrogen and oxygen atoms in total. The molecule has 2 rings (SSSR count). The minimum atomic E-state index is -0.0379. The molecule has 2 fully saturated rings. The Bertz CT molecular complexity index is 285. The summed E-state index contributed by atoms with van der Waals surface area (Å²) in [5.41, 5.74) is -0.0379. The Morgan fingerprint density at radius 1 is 1.41 bits per heavy atom. The molecular weight excluding hydrogens is 220 g/mol. The first-order valence-electron chi connectivity index (χ1n) is 6.19. The Balaban J connectivity index is 1.88. The van der Waals surface area contributed by atoms with Crippen molar-refractivity contribution in [3.63, 3.8) is 0 Å². The zero-order chi connectivity index (χ0) is 12.5. The molecule has 2 heterocycles. The van der Waals surface area contributed by atoms with Crippen molar-refractivity contribution < 1.29 is 14.3 Å². The number of likely N-dealkylation sites (tertiary alicyclic amines) is 1. The summed E-state index contributed by atoms with van der Waals surface area (Å²) < 4.78 is 11.2. The van der Waals surface area contributed by atoms with Gasteiger partial charge in [-0.25, -0.2) is 4.79 Å². The van der Waals surface area contributed by atoms with E-state index in [0.717, 1.165) is 32.4 Å². The van der Waals surface area contributed by atoms with Gasteiger partial charge in [0.25, 0.3) is 0 Å². The number of methoxy groups -OCH3 is 1. The van der Waals surface area contributed by atoms with E-state index in [-0.39, 0.29) is 17.7 Å². The van der Waals surface area contributed by atoms with Crippen molar-refractivity contribution in [1.82, 2.24) is 9.80 Å². The zero-order valence-corrected chi connectivity index (χ0v) is 10.9. The summed E-state index contributed by atoms with van der Waals surface area (Å²) in [6.45, 7) is 2.26. The average molecular weight is 242 g/mol. The Labute approximate surface area is 103 Å². The summed E-state index contributed by atoms with van der Waals surface area (Å²) in [5, 5.41) is 0. The third-order valence-electron chi connectivity index (χ3n) is 3.84. The minimum Gasteiger partial charge on any atom is -0.379 e. The molecule has 0 saturated carbocycles. The molecular formula is C12H22N2O3. The molecule has 98 valence electrons. The fourth-order valence-electron chi connectivity index (χ4n) is 2.69. The summed E-state index contributed by atoms with van der Waals surface area (Å²) in [7, 11) is 5.32. The second-order valence-corrected chi connectivity index (χ2v) is 5.22. The Hall–Kier alpha value is -0.810. The molecule has 0 aromatic rings. The fraction of sp³-hybridized carbons (Fsp3) is 0.917. The van der Waals surface area contributed by atoms with Gasteiger partial charge < -0.3 is 19.3 Å². The summed E-state index contributed by atoms with van der Waals surface area (Å²) in [6, 6.07) is 0.0983. The van der Waals surface area contributed by atoms with Crippen LogP contribution in [-0.2, 0) is 9.47 Å². The van der Waals surface area contributed by atoms with Gasteiger partial charge in [0.05, 0.1) is 18.3 Å². The highest BCUT2D eigenvalue weighted by molar-refractivity contribution is 5.73. The van der Waals surface area contributed by atoms with E-state index in [4.69, 9.17) is 9.47 Å². The number of hydrogen-bond acceptors (Lipinski definition) is 3. The number of piperidine rings is 1. The van der Waals surface area contributed by atoms with E-state index < -0.39 is 0 Å². The zero-order valence-electron chi connectivity index (χ0n) is 10.9. The third-order valence-corrected chi connectivity index (χ3v) is 3.84. The number of carbonyl (C=O) groups is 1. The third kappa shape index (κ3) is 2.55. The number of hydrogen-bond donors (Lipinski definition) is 0. The van der Waals surface area contributed by atoms with Crippen molar-refractivity contribution in [1.29, 1.82) is 0 Å². The van der Waals surface area contributed by atoms with Gasteiger partial charge in [-0.2, -0.15) is 0 Å². The maximum atomic E-state index is 11.8. The van der Waals surface area contributed by atoms with E-state index in [9.17, 15) is 4.79 Å². The molecule has 0 radical (unpaired) electrons. The van der Waals surface area contributed by atoms with Crippen LogP contribution in [0.4, 0.5) is 4.79 Å². The predicted molar refractivity (Wildman–Crippen MR) is 64.0 cm³/mol.